The molecule has 7 nitrogen and oxygen atoms in total. The van der Waals surface area contributed by atoms with Gasteiger partial charge in [0.25, 0.3) is 5.91 Å². The van der Waals surface area contributed by atoms with Crippen LogP contribution in [0.2, 0.25) is 5.02 Å². The minimum Gasteiger partial charge on any atom is -0.341 e. The molecule has 1 fully saturated rings. The Hall–Kier alpha value is -2.32. The highest BCUT2D eigenvalue weighted by atomic mass is 35.5. The number of nitrogens with zero attached hydrogens (tertiary/aromatic N) is 4. The summed E-state index contributed by atoms with van der Waals surface area (Å²) >= 11 is 7.99. The van der Waals surface area contributed by atoms with Gasteiger partial charge in [0.05, 0.1) is 28.3 Å². The quantitative estimate of drug-likeness (QED) is 0.592. The van der Waals surface area contributed by atoms with Crippen molar-refractivity contribution in [2.24, 2.45) is 0 Å². The monoisotopic (exact) mass is 430 g/mol. The molecule has 2 aromatic heterocycles. The Morgan fingerprint density at radius 3 is 2.86 bits per heavy atom. The summed E-state index contributed by atoms with van der Waals surface area (Å²) in [7, 11) is 0. The molecule has 1 aromatic carbocycles. The Bertz CT molecular complexity index is 971. The van der Waals surface area contributed by atoms with Gasteiger partial charge in [0, 0.05) is 13.1 Å². The third kappa shape index (κ3) is 4.48. The molecule has 4 rings (SSSR count). The zero-order valence-electron chi connectivity index (χ0n) is 16.2. The van der Waals surface area contributed by atoms with Crippen LogP contribution in [0.4, 0.5) is 5.95 Å². The molecule has 1 saturated heterocycles. The van der Waals surface area contributed by atoms with Crippen molar-refractivity contribution in [3.05, 3.63) is 47.0 Å². The second-order valence-electron chi connectivity index (χ2n) is 7.01. The lowest BCUT2D eigenvalue weighted by atomic mass is 10.2. The molecule has 3 aromatic rings. The summed E-state index contributed by atoms with van der Waals surface area (Å²) in [5.74, 6) is 1.86. The minimum atomic E-state index is -0.315. The minimum absolute atomic E-state index is 0.203. The molecule has 152 valence electrons. The first-order valence-corrected chi connectivity index (χ1v) is 11.4. The van der Waals surface area contributed by atoms with Crippen LogP contribution in [0.25, 0.3) is 11.0 Å². The Balaban J connectivity index is 1.58. The van der Waals surface area contributed by atoms with E-state index in [0.717, 1.165) is 55.0 Å². The van der Waals surface area contributed by atoms with Crippen molar-refractivity contribution < 1.29 is 4.79 Å². The van der Waals surface area contributed by atoms with Crippen molar-refractivity contribution in [2.75, 3.05) is 30.0 Å². The molecule has 0 unspecified atom stereocenters. The normalized spacial score (nSPS) is 15.0. The molecule has 0 spiro atoms. The Kier molecular flexibility index (Phi) is 6.20. The third-order valence-electron chi connectivity index (χ3n) is 4.99. The summed E-state index contributed by atoms with van der Waals surface area (Å²) < 4.78 is 0. The van der Waals surface area contributed by atoms with Gasteiger partial charge >= 0.3 is 0 Å². The van der Waals surface area contributed by atoms with Gasteiger partial charge in [-0.05, 0) is 43.4 Å². The van der Waals surface area contributed by atoms with Gasteiger partial charge < -0.3 is 15.2 Å². The molecular formula is C20H23ClN6OS. The van der Waals surface area contributed by atoms with E-state index in [1.807, 2.05) is 30.5 Å². The van der Waals surface area contributed by atoms with Crippen molar-refractivity contribution in [3.8, 4) is 0 Å². The lowest BCUT2D eigenvalue weighted by Gasteiger charge is -2.18. The first kappa shape index (κ1) is 20.0. The predicted molar refractivity (Wildman–Crippen MR) is 118 cm³/mol. The highest BCUT2D eigenvalue weighted by Crippen LogP contribution is 2.23. The first-order chi connectivity index (χ1) is 14.2. The molecule has 1 aliphatic rings. The number of rotatable bonds is 7. The van der Waals surface area contributed by atoms with Crippen molar-refractivity contribution in [2.45, 2.75) is 25.3 Å². The summed E-state index contributed by atoms with van der Waals surface area (Å²) in [4.78, 5) is 31.9. The van der Waals surface area contributed by atoms with Crippen LogP contribution in [-0.2, 0) is 0 Å². The third-order valence-corrected chi connectivity index (χ3v) is 5.91. The SMILES string of the molecule is CSCC[C@H](NC(=O)c1nc(N2CCCC2)ncc1Cl)c1nc2ccccc2[nH]1. The Morgan fingerprint density at radius 2 is 2.10 bits per heavy atom. The number of aromatic nitrogens is 4. The summed E-state index contributed by atoms with van der Waals surface area (Å²) in [6.07, 6.45) is 6.51. The second kappa shape index (κ2) is 9.00. The number of para-hydroxylation sites is 2. The van der Waals surface area contributed by atoms with Crippen LogP contribution in [0, 0.1) is 0 Å². The van der Waals surface area contributed by atoms with Crippen LogP contribution in [0.1, 0.15) is 41.6 Å². The van der Waals surface area contributed by atoms with Gasteiger partial charge in [0.1, 0.15) is 5.82 Å². The van der Waals surface area contributed by atoms with Gasteiger partial charge in [0.15, 0.2) is 5.69 Å². The maximum atomic E-state index is 13.0. The molecule has 1 aliphatic heterocycles. The number of aromatic amines is 1. The molecule has 1 atom stereocenters. The number of anilines is 1. The van der Waals surface area contributed by atoms with Gasteiger partial charge in [-0.1, -0.05) is 23.7 Å². The predicted octanol–water partition coefficient (Wildman–Crippen LogP) is 3.83. The number of carbonyl (C=O) groups is 1. The van der Waals surface area contributed by atoms with Crippen LogP contribution in [-0.4, -0.2) is 50.9 Å². The average Bonchev–Trinajstić information content (AvgIpc) is 3.41. The lowest BCUT2D eigenvalue weighted by Crippen LogP contribution is -2.31. The van der Waals surface area contributed by atoms with Crippen LogP contribution < -0.4 is 10.2 Å². The van der Waals surface area contributed by atoms with Crippen LogP contribution in [0.5, 0.6) is 0 Å². The van der Waals surface area contributed by atoms with E-state index in [-0.39, 0.29) is 22.7 Å². The van der Waals surface area contributed by atoms with Crippen molar-refractivity contribution in [1.29, 1.82) is 0 Å². The Morgan fingerprint density at radius 1 is 1.31 bits per heavy atom. The number of imidazole rings is 1. The number of nitrogens with one attached hydrogen (secondary N) is 2. The number of thioether (sulfide) groups is 1. The van der Waals surface area contributed by atoms with Crippen molar-refractivity contribution in [3.63, 3.8) is 0 Å². The number of amides is 1. The average molecular weight is 431 g/mol. The van der Waals surface area contributed by atoms with Gasteiger partial charge in [-0.3, -0.25) is 4.79 Å². The van der Waals surface area contributed by atoms with Crippen LogP contribution >= 0.6 is 23.4 Å². The molecule has 9 heteroatoms. The fraction of sp³-hybridized carbons (Fsp3) is 0.400. The van der Waals surface area contributed by atoms with E-state index in [1.165, 1.54) is 6.20 Å². The number of halogens is 1. The summed E-state index contributed by atoms with van der Waals surface area (Å²) in [5, 5.41) is 3.31. The second-order valence-corrected chi connectivity index (χ2v) is 8.40. The molecule has 0 saturated carbocycles. The topological polar surface area (TPSA) is 86.8 Å². The molecule has 0 aliphatic carbocycles. The van der Waals surface area contributed by atoms with E-state index in [9.17, 15) is 4.79 Å². The van der Waals surface area contributed by atoms with E-state index in [0.29, 0.717) is 5.95 Å². The standard InChI is InChI=1S/C20H23ClN6OS/c1-29-11-8-16(18-23-14-6-2-3-7-15(14)24-18)25-19(28)17-13(21)12-22-20(26-17)27-9-4-5-10-27/h2-3,6-7,12,16H,4-5,8-11H2,1H3,(H,23,24)(H,25,28)/t16-/m0/s1. The number of fused-ring (bicyclic) bond motifs is 1. The lowest BCUT2D eigenvalue weighted by molar-refractivity contribution is 0.0929. The zero-order chi connectivity index (χ0) is 20.2. The molecule has 1 amide bonds. The fourth-order valence-corrected chi connectivity index (χ4v) is 4.11. The smallest absolute Gasteiger partial charge is 0.272 e. The summed E-state index contributed by atoms with van der Waals surface area (Å²) in [6, 6.07) is 7.57. The molecule has 0 radical (unpaired) electrons. The van der Waals surface area contributed by atoms with E-state index in [4.69, 9.17) is 11.6 Å². The number of benzene rings is 1. The maximum absolute atomic E-state index is 13.0. The van der Waals surface area contributed by atoms with E-state index < -0.39 is 0 Å². The summed E-state index contributed by atoms with van der Waals surface area (Å²) in [5.41, 5.74) is 2.03. The Labute approximate surface area is 178 Å². The molecule has 3 heterocycles. The van der Waals surface area contributed by atoms with E-state index in [2.05, 4.69) is 30.2 Å². The highest BCUT2D eigenvalue weighted by molar-refractivity contribution is 7.98. The van der Waals surface area contributed by atoms with E-state index >= 15 is 0 Å². The summed E-state index contributed by atoms with van der Waals surface area (Å²) in [6.45, 7) is 1.80. The molecule has 2 N–H and O–H groups in total. The zero-order valence-corrected chi connectivity index (χ0v) is 17.8. The first-order valence-electron chi connectivity index (χ1n) is 9.67. The van der Waals surface area contributed by atoms with Crippen LogP contribution in [0.15, 0.2) is 30.5 Å². The molecular weight excluding hydrogens is 408 g/mol. The van der Waals surface area contributed by atoms with E-state index in [1.54, 1.807) is 11.8 Å². The number of H-pyrrole nitrogens is 1. The highest BCUT2D eigenvalue weighted by Gasteiger charge is 2.23. The number of hydrogen-bond acceptors (Lipinski definition) is 6. The molecule has 29 heavy (non-hydrogen) atoms. The maximum Gasteiger partial charge on any atom is 0.272 e. The largest absolute Gasteiger partial charge is 0.341 e. The van der Waals surface area contributed by atoms with Gasteiger partial charge in [-0.25, -0.2) is 15.0 Å². The van der Waals surface area contributed by atoms with Gasteiger partial charge in [-0.2, -0.15) is 11.8 Å². The van der Waals surface area contributed by atoms with Gasteiger partial charge in [-0.15, -0.1) is 0 Å². The van der Waals surface area contributed by atoms with Crippen molar-refractivity contribution >= 4 is 46.3 Å². The number of carbonyl (C=O) groups excluding carboxylic acids is 1. The van der Waals surface area contributed by atoms with Crippen LogP contribution in [0.3, 0.4) is 0 Å². The number of hydrogen-bond donors (Lipinski definition) is 2. The van der Waals surface area contributed by atoms with Crippen molar-refractivity contribution in [1.82, 2.24) is 25.3 Å². The fourth-order valence-electron chi connectivity index (χ4n) is 3.46. The van der Waals surface area contributed by atoms with Gasteiger partial charge in [0.2, 0.25) is 5.95 Å². The molecule has 0 bridgehead atoms.